The Morgan fingerprint density at radius 3 is 1.93 bits per heavy atom. The fourth-order valence-corrected chi connectivity index (χ4v) is 5.09. The van der Waals surface area contributed by atoms with Gasteiger partial charge in [-0.1, -0.05) is 75.7 Å². The number of carbonyl (C=O) groups is 3. The van der Waals surface area contributed by atoms with Crippen LogP contribution in [0.5, 0.6) is 0 Å². The number of hydrogen-bond acceptors (Lipinski definition) is 6. The van der Waals surface area contributed by atoms with Crippen molar-refractivity contribution in [1.29, 1.82) is 0 Å². The number of hydrogen-bond donors (Lipinski definition) is 4. The number of benzene rings is 2. The van der Waals surface area contributed by atoms with E-state index in [-0.39, 0.29) is 23.8 Å². The van der Waals surface area contributed by atoms with Crippen molar-refractivity contribution in [2.45, 2.75) is 66.0 Å². The molecule has 3 amide bonds. The van der Waals surface area contributed by atoms with Gasteiger partial charge in [0.05, 0.1) is 36.9 Å². The molecule has 11 nitrogen and oxygen atoms in total. The minimum atomic E-state index is -0.712. The van der Waals surface area contributed by atoms with Crippen LogP contribution in [-0.4, -0.2) is 62.4 Å². The molecule has 2 atom stereocenters. The molecule has 0 radical (unpaired) electrons. The Morgan fingerprint density at radius 2 is 1.40 bits per heavy atom. The van der Waals surface area contributed by atoms with E-state index in [0.29, 0.717) is 24.7 Å². The van der Waals surface area contributed by atoms with E-state index in [9.17, 15) is 14.4 Å². The second-order valence-electron chi connectivity index (χ2n) is 11.3. The summed E-state index contributed by atoms with van der Waals surface area (Å²) >= 11 is 0. The van der Waals surface area contributed by atoms with Crippen LogP contribution in [0, 0.1) is 5.92 Å². The highest BCUT2D eigenvalue weighted by Gasteiger charge is 2.32. The first kappa shape index (κ1) is 33.0. The molecular formula is C34H43N7O4. The average molecular weight is 614 g/mol. The van der Waals surface area contributed by atoms with E-state index >= 15 is 0 Å². The predicted molar refractivity (Wildman–Crippen MR) is 175 cm³/mol. The number of imidazole rings is 2. The van der Waals surface area contributed by atoms with Crippen LogP contribution in [0.25, 0.3) is 33.6 Å². The lowest BCUT2D eigenvalue weighted by Gasteiger charge is -2.32. The fraction of sp³-hybridized carbons (Fsp3) is 0.382. The minimum Gasteiger partial charge on any atom is -0.453 e. The van der Waals surface area contributed by atoms with Gasteiger partial charge in [-0.15, -0.1) is 0 Å². The standard InChI is InChI=1S/C34H43N7O4/c1-7-9-10-29(42)39-33-36-20-28(38-33)26-17-13-24(14-18-26)23-11-15-25(16-12-23)27-19-35-31(37-27)22(5)41(8-2)32(43)30(21(3)4)40-34(44)45-6/h11-22,30H,7-10H2,1-6H3,(H,35,37)(H,40,44)(H2,36,38,39,42). The second-order valence-corrected chi connectivity index (χ2v) is 11.3. The summed E-state index contributed by atoms with van der Waals surface area (Å²) in [4.78, 5) is 54.4. The molecule has 0 saturated carbocycles. The molecule has 0 bridgehead atoms. The van der Waals surface area contributed by atoms with E-state index in [0.717, 1.165) is 46.5 Å². The number of aromatic nitrogens is 4. The Bertz CT molecular complexity index is 1570. The molecule has 2 unspecified atom stereocenters. The van der Waals surface area contributed by atoms with E-state index < -0.39 is 12.1 Å². The number of H-pyrrole nitrogens is 2. The molecule has 0 fully saturated rings. The summed E-state index contributed by atoms with van der Waals surface area (Å²) in [5, 5.41) is 5.47. The summed E-state index contributed by atoms with van der Waals surface area (Å²) < 4.78 is 4.72. The Hall–Kier alpha value is -4.93. The fourth-order valence-electron chi connectivity index (χ4n) is 5.09. The lowest BCUT2D eigenvalue weighted by Crippen LogP contribution is -2.51. The van der Waals surface area contributed by atoms with E-state index in [4.69, 9.17) is 4.74 Å². The number of amides is 3. The molecule has 4 aromatic rings. The number of unbranched alkanes of at least 4 members (excludes halogenated alkanes) is 1. The minimum absolute atomic E-state index is 0.0414. The van der Waals surface area contributed by atoms with E-state index in [1.165, 1.54) is 7.11 Å². The molecule has 2 aromatic heterocycles. The van der Waals surface area contributed by atoms with Gasteiger partial charge < -0.3 is 24.9 Å². The van der Waals surface area contributed by atoms with E-state index in [2.05, 4.69) is 61.8 Å². The SMILES string of the molecule is CCCCC(=O)Nc1ncc(-c2ccc(-c3ccc(-c4cnc(C(C)N(CC)C(=O)C(NC(=O)OC)C(C)C)[nH]4)cc3)cc2)[nH]1. The maximum atomic E-state index is 13.4. The van der Waals surface area contributed by atoms with Gasteiger partial charge >= 0.3 is 6.09 Å². The summed E-state index contributed by atoms with van der Waals surface area (Å²) in [6.45, 7) is 10.1. The molecule has 2 heterocycles. The van der Waals surface area contributed by atoms with E-state index in [1.807, 2.05) is 52.0 Å². The molecule has 4 N–H and O–H groups in total. The van der Waals surface area contributed by atoms with Crippen molar-refractivity contribution < 1.29 is 19.1 Å². The van der Waals surface area contributed by atoms with Crippen LogP contribution >= 0.6 is 0 Å². The molecule has 0 aliphatic rings. The summed E-state index contributed by atoms with van der Waals surface area (Å²) in [5.74, 6) is 0.753. The van der Waals surface area contributed by atoms with Crippen molar-refractivity contribution in [3.05, 3.63) is 66.7 Å². The molecule has 238 valence electrons. The first-order valence-electron chi connectivity index (χ1n) is 15.4. The normalized spacial score (nSPS) is 12.4. The molecular weight excluding hydrogens is 570 g/mol. The smallest absolute Gasteiger partial charge is 0.407 e. The van der Waals surface area contributed by atoms with Crippen molar-refractivity contribution in [3.8, 4) is 33.6 Å². The second kappa shape index (κ2) is 15.2. The van der Waals surface area contributed by atoms with Crippen LogP contribution in [0.1, 0.15) is 65.7 Å². The number of carbonyl (C=O) groups excluding carboxylic acids is 3. The first-order chi connectivity index (χ1) is 21.6. The molecule has 0 aliphatic heterocycles. The first-order valence-corrected chi connectivity index (χ1v) is 15.4. The quantitative estimate of drug-likeness (QED) is 0.135. The van der Waals surface area contributed by atoms with Crippen LogP contribution < -0.4 is 10.6 Å². The van der Waals surface area contributed by atoms with Crippen molar-refractivity contribution in [1.82, 2.24) is 30.2 Å². The van der Waals surface area contributed by atoms with Gasteiger partial charge in [0.1, 0.15) is 11.9 Å². The number of likely N-dealkylation sites (N-methyl/N-ethyl adjacent to an activating group) is 1. The number of aromatic amines is 2. The largest absolute Gasteiger partial charge is 0.453 e. The third kappa shape index (κ3) is 8.17. The van der Waals surface area contributed by atoms with Crippen molar-refractivity contribution in [2.24, 2.45) is 5.92 Å². The van der Waals surface area contributed by atoms with Crippen molar-refractivity contribution in [3.63, 3.8) is 0 Å². The van der Waals surface area contributed by atoms with Crippen LogP contribution in [-0.2, 0) is 14.3 Å². The number of methoxy groups -OCH3 is 1. The summed E-state index contributed by atoms with van der Waals surface area (Å²) in [6.07, 6.45) is 5.15. The van der Waals surface area contributed by atoms with Crippen molar-refractivity contribution >= 4 is 23.9 Å². The lowest BCUT2D eigenvalue weighted by molar-refractivity contribution is -0.136. The molecule has 0 aliphatic carbocycles. The Kier molecular flexibility index (Phi) is 11.1. The molecule has 0 saturated heterocycles. The molecule has 11 heteroatoms. The van der Waals surface area contributed by atoms with Gasteiger partial charge in [-0.25, -0.2) is 14.8 Å². The number of nitrogens with zero attached hydrogens (tertiary/aromatic N) is 3. The summed E-state index contributed by atoms with van der Waals surface area (Å²) in [7, 11) is 1.28. The monoisotopic (exact) mass is 613 g/mol. The average Bonchev–Trinajstić information content (AvgIpc) is 3.73. The number of nitrogens with one attached hydrogen (secondary N) is 4. The van der Waals surface area contributed by atoms with Crippen LogP contribution in [0.3, 0.4) is 0 Å². The molecule has 2 aromatic carbocycles. The van der Waals surface area contributed by atoms with E-state index in [1.54, 1.807) is 17.3 Å². The number of ether oxygens (including phenoxy) is 1. The third-order valence-corrected chi connectivity index (χ3v) is 7.79. The third-order valence-electron chi connectivity index (χ3n) is 7.79. The zero-order chi connectivity index (χ0) is 32.5. The van der Waals surface area contributed by atoms with Gasteiger partial charge in [0.15, 0.2) is 0 Å². The zero-order valence-electron chi connectivity index (χ0n) is 26.8. The Balaban J connectivity index is 1.42. The lowest BCUT2D eigenvalue weighted by atomic mass is 10.0. The highest BCUT2D eigenvalue weighted by atomic mass is 16.5. The maximum absolute atomic E-state index is 13.4. The van der Waals surface area contributed by atoms with Crippen molar-refractivity contribution in [2.75, 3.05) is 19.0 Å². The summed E-state index contributed by atoms with van der Waals surface area (Å²) in [5.41, 5.74) is 5.73. The molecule has 4 rings (SSSR count). The number of rotatable bonds is 13. The zero-order valence-corrected chi connectivity index (χ0v) is 26.8. The van der Waals surface area contributed by atoms with Crippen LogP contribution in [0.4, 0.5) is 10.7 Å². The molecule has 0 spiro atoms. The van der Waals surface area contributed by atoms with Gasteiger partial charge in [-0.05, 0) is 48.4 Å². The van der Waals surface area contributed by atoms with Crippen LogP contribution in [0.15, 0.2) is 60.9 Å². The van der Waals surface area contributed by atoms with Gasteiger partial charge in [0.25, 0.3) is 0 Å². The highest BCUT2D eigenvalue weighted by molar-refractivity contribution is 5.89. The van der Waals surface area contributed by atoms with Gasteiger partial charge in [0, 0.05) is 13.0 Å². The van der Waals surface area contributed by atoms with Gasteiger partial charge in [-0.2, -0.15) is 0 Å². The maximum Gasteiger partial charge on any atom is 0.407 e. The summed E-state index contributed by atoms with van der Waals surface area (Å²) in [6, 6.07) is 15.3. The van der Waals surface area contributed by atoms with Gasteiger partial charge in [0.2, 0.25) is 17.8 Å². The Morgan fingerprint density at radius 1 is 0.844 bits per heavy atom. The number of alkyl carbamates (subject to hydrolysis) is 1. The van der Waals surface area contributed by atoms with Crippen LogP contribution in [0.2, 0.25) is 0 Å². The number of anilines is 1. The topological polar surface area (TPSA) is 145 Å². The predicted octanol–water partition coefficient (Wildman–Crippen LogP) is 6.55. The van der Waals surface area contributed by atoms with Gasteiger partial charge in [-0.3, -0.25) is 14.9 Å². The highest BCUT2D eigenvalue weighted by Crippen LogP contribution is 2.28. The Labute approximate surface area is 264 Å². The molecule has 45 heavy (non-hydrogen) atoms.